The fourth-order valence-electron chi connectivity index (χ4n) is 6.70. The van der Waals surface area contributed by atoms with Gasteiger partial charge in [0.05, 0.1) is 11.4 Å². The lowest BCUT2D eigenvalue weighted by atomic mass is 9.93. The second kappa shape index (κ2) is 14.7. The molecule has 5 heteroatoms. The first-order valence-corrected chi connectivity index (χ1v) is 17.9. The highest BCUT2D eigenvalue weighted by Gasteiger charge is 2.16. The minimum atomic E-state index is 0.598. The Hall–Kier alpha value is -7.37. The fourth-order valence-corrected chi connectivity index (χ4v) is 6.70. The average molecular weight is 692 g/mol. The Balaban J connectivity index is 1.15. The maximum Gasteiger partial charge on any atom is 0.164 e. The highest BCUT2D eigenvalue weighted by atomic mass is 15.0. The fraction of sp³-hybridized carbons (Fsp3) is 0. The summed E-state index contributed by atoms with van der Waals surface area (Å²) in [7, 11) is 0. The van der Waals surface area contributed by atoms with E-state index in [4.69, 9.17) is 19.9 Å². The topological polar surface area (TPSA) is 64.5 Å². The van der Waals surface area contributed by atoms with E-state index in [0.717, 1.165) is 72.6 Å². The molecule has 3 aromatic heterocycles. The molecule has 0 aliphatic rings. The van der Waals surface area contributed by atoms with Gasteiger partial charge in [-0.25, -0.2) is 15.0 Å². The summed E-state index contributed by atoms with van der Waals surface area (Å²) >= 11 is 0. The van der Waals surface area contributed by atoms with Gasteiger partial charge >= 0.3 is 0 Å². The third-order valence-electron chi connectivity index (χ3n) is 9.49. The lowest BCUT2D eigenvalue weighted by Gasteiger charge is -2.14. The standard InChI is InChI=1S/C49H33N5/c1-3-12-34(13-4-1)36-20-24-38(25-21-36)47-52-48(39-26-22-37(23-27-39)35-14-5-2-6-15-35)54-49(53-47)42-17-11-16-40(32-42)43-29-28-41(45-18-7-9-30-50-45)33-44(43)46-19-8-10-31-51-46/h1-33H. The lowest BCUT2D eigenvalue weighted by Crippen LogP contribution is -2.00. The molecule has 0 saturated heterocycles. The second-order valence-electron chi connectivity index (χ2n) is 13.0. The number of hydrogen-bond acceptors (Lipinski definition) is 5. The van der Waals surface area contributed by atoms with Gasteiger partial charge in [0.25, 0.3) is 0 Å². The molecular weight excluding hydrogens is 659 g/mol. The van der Waals surface area contributed by atoms with E-state index in [1.807, 2.05) is 60.9 Å². The summed E-state index contributed by atoms with van der Waals surface area (Å²) in [5, 5.41) is 0. The molecule has 0 fully saturated rings. The van der Waals surface area contributed by atoms with Gasteiger partial charge in [0.2, 0.25) is 0 Å². The van der Waals surface area contributed by atoms with Gasteiger partial charge in [0.1, 0.15) is 0 Å². The predicted molar refractivity (Wildman–Crippen MR) is 219 cm³/mol. The van der Waals surface area contributed by atoms with Gasteiger partial charge in [0.15, 0.2) is 17.5 Å². The van der Waals surface area contributed by atoms with Gasteiger partial charge in [-0.15, -0.1) is 0 Å². The van der Waals surface area contributed by atoms with E-state index in [0.29, 0.717) is 17.5 Å². The van der Waals surface area contributed by atoms with Crippen LogP contribution in [0.2, 0.25) is 0 Å². The highest BCUT2D eigenvalue weighted by Crippen LogP contribution is 2.36. The van der Waals surface area contributed by atoms with E-state index < -0.39 is 0 Å². The van der Waals surface area contributed by atoms with Crippen molar-refractivity contribution < 1.29 is 0 Å². The molecule has 0 aliphatic heterocycles. The van der Waals surface area contributed by atoms with Crippen LogP contribution in [0.5, 0.6) is 0 Å². The molecule has 54 heavy (non-hydrogen) atoms. The Labute approximate surface area is 314 Å². The van der Waals surface area contributed by atoms with Crippen LogP contribution in [0.4, 0.5) is 0 Å². The van der Waals surface area contributed by atoms with E-state index in [1.54, 1.807) is 0 Å². The van der Waals surface area contributed by atoms with Crippen molar-refractivity contribution in [3.8, 4) is 90.1 Å². The summed E-state index contributed by atoms with van der Waals surface area (Å²) in [6.45, 7) is 0. The predicted octanol–water partition coefficient (Wildman–Crippen LogP) is 12.0. The van der Waals surface area contributed by atoms with Crippen LogP contribution in [0.15, 0.2) is 200 Å². The highest BCUT2D eigenvalue weighted by molar-refractivity contribution is 5.87. The van der Waals surface area contributed by atoms with Gasteiger partial charge in [-0.05, 0) is 69.8 Å². The Morgan fingerprint density at radius 2 is 0.667 bits per heavy atom. The number of benzene rings is 6. The van der Waals surface area contributed by atoms with Crippen LogP contribution >= 0.6 is 0 Å². The lowest BCUT2D eigenvalue weighted by molar-refractivity contribution is 1.07. The van der Waals surface area contributed by atoms with Gasteiger partial charge in [-0.3, -0.25) is 9.97 Å². The summed E-state index contributed by atoms with van der Waals surface area (Å²) in [6.07, 6.45) is 3.65. The van der Waals surface area contributed by atoms with Crippen LogP contribution in [0.1, 0.15) is 0 Å². The van der Waals surface area contributed by atoms with Crippen LogP contribution < -0.4 is 0 Å². The van der Waals surface area contributed by atoms with Gasteiger partial charge in [0, 0.05) is 40.2 Å². The maximum absolute atomic E-state index is 5.09. The average Bonchev–Trinajstić information content (AvgIpc) is 3.27. The molecule has 0 bridgehead atoms. The van der Waals surface area contributed by atoms with Crippen molar-refractivity contribution in [1.29, 1.82) is 0 Å². The summed E-state index contributed by atoms with van der Waals surface area (Å²) in [6, 6.07) is 64.4. The van der Waals surface area contributed by atoms with Crippen molar-refractivity contribution in [2.24, 2.45) is 0 Å². The third kappa shape index (κ3) is 6.82. The minimum Gasteiger partial charge on any atom is -0.256 e. The molecule has 0 N–H and O–H groups in total. The molecule has 9 aromatic rings. The van der Waals surface area contributed by atoms with Crippen LogP contribution in [0, 0.1) is 0 Å². The van der Waals surface area contributed by atoms with E-state index in [-0.39, 0.29) is 0 Å². The first kappa shape index (κ1) is 32.5. The molecule has 0 spiro atoms. The van der Waals surface area contributed by atoms with E-state index in [9.17, 15) is 0 Å². The van der Waals surface area contributed by atoms with Crippen molar-refractivity contribution in [3.63, 3.8) is 0 Å². The smallest absolute Gasteiger partial charge is 0.164 e. The molecule has 0 aliphatic carbocycles. The minimum absolute atomic E-state index is 0.598. The quantitative estimate of drug-likeness (QED) is 0.159. The number of nitrogens with zero attached hydrogens (tertiary/aromatic N) is 5. The molecule has 0 saturated carbocycles. The number of hydrogen-bond donors (Lipinski definition) is 0. The van der Waals surface area contributed by atoms with E-state index >= 15 is 0 Å². The monoisotopic (exact) mass is 691 g/mol. The van der Waals surface area contributed by atoms with Gasteiger partial charge in [-0.1, -0.05) is 152 Å². The Bertz CT molecular complexity index is 2560. The zero-order valence-corrected chi connectivity index (χ0v) is 29.3. The van der Waals surface area contributed by atoms with Crippen LogP contribution in [0.3, 0.4) is 0 Å². The van der Waals surface area contributed by atoms with Crippen molar-refractivity contribution in [3.05, 3.63) is 200 Å². The Morgan fingerprint density at radius 3 is 1.20 bits per heavy atom. The summed E-state index contributed by atoms with van der Waals surface area (Å²) in [4.78, 5) is 24.6. The molecular formula is C49H33N5. The zero-order valence-electron chi connectivity index (χ0n) is 29.3. The number of rotatable bonds is 8. The zero-order chi connectivity index (χ0) is 36.1. The Kier molecular flexibility index (Phi) is 8.86. The van der Waals surface area contributed by atoms with E-state index in [2.05, 4.69) is 145 Å². The largest absolute Gasteiger partial charge is 0.256 e. The van der Waals surface area contributed by atoms with Gasteiger partial charge in [-0.2, -0.15) is 0 Å². The molecule has 254 valence electrons. The summed E-state index contributed by atoms with van der Waals surface area (Å²) in [5.74, 6) is 1.82. The molecule has 0 radical (unpaired) electrons. The number of pyridine rings is 2. The molecule has 0 atom stereocenters. The Morgan fingerprint density at radius 1 is 0.241 bits per heavy atom. The third-order valence-corrected chi connectivity index (χ3v) is 9.49. The normalized spacial score (nSPS) is 11.0. The molecule has 6 aromatic carbocycles. The first-order valence-electron chi connectivity index (χ1n) is 17.9. The van der Waals surface area contributed by atoms with E-state index in [1.165, 1.54) is 0 Å². The van der Waals surface area contributed by atoms with Crippen molar-refractivity contribution in [1.82, 2.24) is 24.9 Å². The van der Waals surface area contributed by atoms with Crippen LogP contribution in [-0.4, -0.2) is 24.9 Å². The van der Waals surface area contributed by atoms with Gasteiger partial charge < -0.3 is 0 Å². The van der Waals surface area contributed by atoms with Crippen molar-refractivity contribution in [2.75, 3.05) is 0 Å². The second-order valence-corrected chi connectivity index (χ2v) is 13.0. The van der Waals surface area contributed by atoms with Crippen LogP contribution in [0.25, 0.3) is 90.1 Å². The summed E-state index contributed by atoms with van der Waals surface area (Å²) in [5.41, 5.74) is 13.2. The molecule has 0 amide bonds. The van der Waals surface area contributed by atoms with Crippen LogP contribution in [-0.2, 0) is 0 Å². The first-order chi connectivity index (χ1) is 26.7. The summed E-state index contributed by atoms with van der Waals surface area (Å²) < 4.78 is 0. The maximum atomic E-state index is 5.09. The van der Waals surface area contributed by atoms with Crippen molar-refractivity contribution in [2.45, 2.75) is 0 Å². The molecule has 5 nitrogen and oxygen atoms in total. The molecule has 9 rings (SSSR count). The molecule has 0 unspecified atom stereocenters. The number of aromatic nitrogens is 5. The SMILES string of the molecule is c1ccc(-c2ccc(-c3nc(-c4ccc(-c5ccccc5)cc4)nc(-c4cccc(-c5ccc(-c6ccccn6)cc5-c5ccccn5)c4)n3)cc2)cc1. The molecule has 3 heterocycles. The van der Waals surface area contributed by atoms with Crippen molar-refractivity contribution >= 4 is 0 Å².